The Balaban J connectivity index is 2.16. The van der Waals surface area contributed by atoms with Crippen LogP contribution in [0.4, 0.5) is 13.2 Å². The van der Waals surface area contributed by atoms with Crippen LogP contribution in [0.2, 0.25) is 0 Å². The molecule has 3 N–H and O–H groups in total. The molecule has 0 radical (unpaired) electrons. The molecule has 116 valence electrons. The molecule has 8 heteroatoms. The molecule has 21 heavy (non-hydrogen) atoms. The standard InChI is InChI=1S/C13H16F3N3O2/c14-13(15,16)10-5-4-9(11(17)18)12(19-10)21-7-8-3-1-2-6-20-8/h4-5,8H,1-3,6-7H2,(H3,17,18). The van der Waals surface area contributed by atoms with Crippen LogP contribution in [0.25, 0.3) is 0 Å². The lowest BCUT2D eigenvalue weighted by Gasteiger charge is -2.23. The van der Waals surface area contributed by atoms with Crippen molar-refractivity contribution in [1.82, 2.24) is 4.98 Å². The zero-order valence-electron chi connectivity index (χ0n) is 11.2. The fourth-order valence-electron chi connectivity index (χ4n) is 2.02. The minimum absolute atomic E-state index is 0.0406. The first-order valence-corrected chi connectivity index (χ1v) is 6.55. The summed E-state index contributed by atoms with van der Waals surface area (Å²) in [6.07, 6.45) is -2.00. The van der Waals surface area contributed by atoms with Crippen molar-refractivity contribution in [2.75, 3.05) is 13.2 Å². The highest BCUT2D eigenvalue weighted by Crippen LogP contribution is 2.30. The van der Waals surface area contributed by atoms with Gasteiger partial charge in [0.25, 0.3) is 0 Å². The molecule has 0 aliphatic carbocycles. The SMILES string of the molecule is N=C(N)c1ccc(C(F)(F)F)nc1OCC1CCCCO1. The molecule has 1 aromatic rings. The van der Waals surface area contributed by atoms with Gasteiger partial charge in [0.1, 0.15) is 18.1 Å². The Morgan fingerprint density at radius 3 is 2.76 bits per heavy atom. The Labute approximate surface area is 119 Å². The van der Waals surface area contributed by atoms with Gasteiger partial charge in [-0.15, -0.1) is 0 Å². The molecule has 2 rings (SSSR count). The summed E-state index contributed by atoms with van der Waals surface area (Å²) in [5.74, 6) is -0.678. The fraction of sp³-hybridized carbons (Fsp3) is 0.538. The van der Waals surface area contributed by atoms with Crippen molar-refractivity contribution in [2.24, 2.45) is 5.73 Å². The lowest BCUT2D eigenvalue weighted by molar-refractivity contribution is -0.141. The summed E-state index contributed by atoms with van der Waals surface area (Å²) in [7, 11) is 0. The Bertz CT molecular complexity index is 514. The quantitative estimate of drug-likeness (QED) is 0.661. The first-order valence-electron chi connectivity index (χ1n) is 6.55. The van der Waals surface area contributed by atoms with Crippen molar-refractivity contribution in [3.63, 3.8) is 0 Å². The Morgan fingerprint density at radius 2 is 2.19 bits per heavy atom. The molecule has 2 heterocycles. The summed E-state index contributed by atoms with van der Waals surface area (Å²) in [6, 6.07) is 1.87. The highest BCUT2D eigenvalue weighted by molar-refractivity contribution is 5.97. The van der Waals surface area contributed by atoms with Gasteiger partial charge in [-0.2, -0.15) is 13.2 Å². The van der Waals surface area contributed by atoms with Crippen LogP contribution in [0.15, 0.2) is 12.1 Å². The van der Waals surface area contributed by atoms with E-state index in [2.05, 4.69) is 4.98 Å². The van der Waals surface area contributed by atoms with E-state index in [1.807, 2.05) is 0 Å². The third-order valence-electron chi connectivity index (χ3n) is 3.12. The number of alkyl halides is 3. The summed E-state index contributed by atoms with van der Waals surface area (Å²) < 4.78 is 48.8. The van der Waals surface area contributed by atoms with Gasteiger partial charge in [-0.1, -0.05) is 0 Å². The van der Waals surface area contributed by atoms with E-state index in [4.69, 9.17) is 20.6 Å². The van der Waals surface area contributed by atoms with Crippen LogP contribution in [0.3, 0.4) is 0 Å². The van der Waals surface area contributed by atoms with Crippen LogP contribution in [0, 0.1) is 5.41 Å². The molecule has 0 amide bonds. The molecular formula is C13H16F3N3O2. The van der Waals surface area contributed by atoms with Crippen LogP contribution < -0.4 is 10.5 Å². The van der Waals surface area contributed by atoms with Crippen molar-refractivity contribution in [3.8, 4) is 5.88 Å². The Kier molecular flexibility index (Phi) is 4.66. The fourth-order valence-corrected chi connectivity index (χ4v) is 2.02. The van der Waals surface area contributed by atoms with Crippen LogP contribution in [-0.4, -0.2) is 30.1 Å². The lowest BCUT2D eigenvalue weighted by Crippen LogP contribution is -2.27. The molecule has 1 aromatic heterocycles. The number of hydrogen-bond acceptors (Lipinski definition) is 4. The largest absolute Gasteiger partial charge is 0.474 e. The van der Waals surface area contributed by atoms with Crippen LogP contribution in [0.1, 0.15) is 30.5 Å². The van der Waals surface area contributed by atoms with E-state index >= 15 is 0 Å². The average Bonchev–Trinajstić information content (AvgIpc) is 2.45. The van der Waals surface area contributed by atoms with E-state index in [1.54, 1.807) is 0 Å². The highest BCUT2D eigenvalue weighted by atomic mass is 19.4. The zero-order valence-corrected chi connectivity index (χ0v) is 11.2. The Morgan fingerprint density at radius 1 is 1.43 bits per heavy atom. The maximum Gasteiger partial charge on any atom is 0.433 e. The Hall–Kier alpha value is -1.83. The first kappa shape index (κ1) is 15.6. The predicted octanol–water partition coefficient (Wildman–Crippen LogP) is 2.33. The van der Waals surface area contributed by atoms with Crippen LogP contribution >= 0.6 is 0 Å². The maximum absolute atomic E-state index is 12.7. The molecule has 5 nitrogen and oxygen atoms in total. The van der Waals surface area contributed by atoms with Crippen LogP contribution in [-0.2, 0) is 10.9 Å². The molecule has 0 saturated carbocycles. The van der Waals surface area contributed by atoms with E-state index in [-0.39, 0.29) is 24.2 Å². The summed E-state index contributed by atoms with van der Waals surface area (Å²) in [5.41, 5.74) is 4.30. The molecule has 1 atom stereocenters. The summed E-state index contributed by atoms with van der Waals surface area (Å²) in [6.45, 7) is 0.707. The minimum Gasteiger partial charge on any atom is -0.474 e. The molecule has 1 fully saturated rings. The topological polar surface area (TPSA) is 81.2 Å². The number of nitrogens with one attached hydrogen (secondary N) is 1. The van der Waals surface area contributed by atoms with Crippen molar-refractivity contribution in [1.29, 1.82) is 5.41 Å². The second-order valence-corrected chi connectivity index (χ2v) is 4.76. The summed E-state index contributed by atoms with van der Waals surface area (Å²) in [4.78, 5) is 3.43. The molecule has 0 aromatic carbocycles. The van der Waals surface area contributed by atoms with Gasteiger partial charge in [-0.25, -0.2) is 4.98 Å². The van der Waals surface area contributed by atoms with Gasteiger partial charge in [0, 0.05) is 6.61 Å². The van der Waals surface area contributed by atoms with Gasteiger partial charge in [-0.05, 0) is 31.4 Å². The highest BCUT2D eigenvalue weighted by Gasteiger charge is 2.33. The van der Waals surface area contributed by atoms with Gasteiger partial charge in [0.05, 0.1) is 11.7 Å². The average molecular weight is 303 g/mol. The first-order chi connectivity index (χ1) is 9.88. The summed E-state index contributed by atoms with van der Waals surface area (Å²) >= 11 is 0. The molecular weight excluding hydrogens is 287 g/mol. The van der Waals surface area contributed by atoms with Crippen molar-refractivity contribution >= 4 is 5.84 Å². The van der Waals surface area contributed by atoms with Gasteiger partial charge < -0.3 is 15.2 Å². The third-order valence-corrected chi connectivity index (χ3v) is 3.12. The molecule has 1 saturated heterocycles. The second kappa shape index (κ2) is 6.30. The molecule has 0 bridgehead atoms. The number of hydrogen-bond donors (Lipinski definition) is 2. The van der Waals surface area contributed by atoms with Crippen LogP contribution in [0.5, 0.6) is 5.88 Å². The van der Waals surface area contributed by atoms with Crippen molar-refractivity contribution in [2.45, 2.75) is 31.5 Å². The number of pyridine rings is 1. The van der Waals surface area contributed by atoms with E-state index in [1.165, 1.54) is 0 Å². The number of nitrogens with zero attached hydrogens (tertiary/aromatic N) is 1. The lowest BCUT2D eigenvalue weighted by atomic mass is 10.1. The zero-order chi connectivity index (χ0) is 15.5. The van der Waals surface area contributed by atoms with E-state index in [0.717, 1.165) is 31.4 Å². The number of nitrogen functional groups attached to an aromatic ring is 1. The van der Waals surface area contributed by atoms with E-state index in [0.29, 0.717) is 6.61 Å². The molecule has 1 unspecified atom stereocenters. The summed E-state index contributed by atoms with van der Waals surface area (Å²) in [5, 5.41) is 7.37. The normalized spacial score (nSPS) is 19.3. The molecule has 1 aliphatic rings. The predicted molar refractivity (Wildman–Crippen MR) is 69.3 cm³/mol. The number of amidine groups is 1. The van der Waals surface area contributed by atoms with Crippen molar-refractivity contribution < 1.29 is 22.6 Å². The second-order valence-electron chi connectivity index (χ2n) is 4.76. The third kappa shape index (κ3) is 4.07. The minimum atomic E-state index is -4.57. The number of aromatic nitrogens is 1. The van der Waals surface area contributed by atoms with Crippen molar-refractivity contribution in [3.05, 3.63) is 23.4 Å². The number of ether oxygens (including phenoxy) is 2. The van der Waals surface area contributed by atoms with Gasteiger partial charge in [-0.3, -0.25) is 5.41 Å². The maximum atomic E-state index is 12.7. The molecule has 0 spiro atoms. The number of halogens is 3. The van der Waals surface area contributed by atoms with Gasteiger partial charge in [0.2, 0.25) is 5.88 Å². The van der Waals surface area contributed by atoms with E-state index in [9.17, 15) is 13.2 Å². The molecule has 1 aliphatic heterocycles. The van der Waals surface area contributed by atoms with E-state index < -0.39 is 17.7 Å². The number of nitrogens with two attached hydrogens (primary N) is 1. The van der Waals surface area contributed by atoms with Gasteiger partial charge >= 0.3 is 6.18 Å². The number of rotatable bonds is 4. The monoisotopic (exact) mass is 303 g/mol. The van der Waals surface area contributed by atoms with Gasteiger partial charge in [0.15, 0.2) is 0 Å². The smallest absolute Gasteiger partial charge is 0.433 e.